The maximum atomic E-state index is 12.6. The van der Waals surface area contributed by atoms with Gasteiger partial charge in [-0.25, -0.2) is 8.42 Å². The summed E-state index contributed by atoms with van der Waals surface area (Å²) >= 11 is 0. The Kier molecular flexibility index (Phi) is 6.52. The molecule has 2 aromatic carbocycles. The van der Waals surface area contributed by atoms with Crippen LogP contribution in [0, 0.1) is 0 Å². The predicted molar refractivity (Wildman–Crippen MR) is 107 cm³/mol. The fraction of sp³-hybridized carbons (Fsp3) is 0.235. The number of hydrogen-bond donors (Lipinski definition) is 2. The van der Waals surface area contributed by atoms with Crippen molar-refractivity contribution < 1.29 is 26.3 Å². The van der Waals surface area contributed by atoms with Gasteiger partial charge in [-0.3, -0.25) is 4.72 Å². The van der Waals surface area contributed by atoms with Crippen molar-refractivity contribution in [2.75, 3.05) is 25.2 Å². The van der Waals surface area contributed by atoms with Crippen molar-refractivity contribution in [3.05, 3.63) is 48.0 Å². The first-order valence-corrected chi connectivity index (χ1v) is 11.3. The van der Waals surface area contributed by atoms with Gasteiger partial charge in [0.2, 0.25) is 10.0 Å². The third-order valence-electron chi connectivity index (χ3n) is 3.60. The van der Waals surface area contributed by atoms with Gasteiger partial charge in [-0.15, -0.1) is 0 Å². The molecule has 2 rings (SSSR count). The maximum absolute atomic E-state index is 12.6. The highest BCUT2D eigenvalue weighted by Gasteiger charge is 2.20. The van der Waals surface area contributed by atoms with Gasteiger partial charge in [0.05, 0.1) is 26.2 Å². The fourth-order valence-electron chi connectivity index (χ4n) is 2.23. The average Bonchev–Trinajstić information content (AvgIpc) is 2.65. The van der Waals surface area contributed by atoms with Crippen LogP contribution in [0.1, 0.15) is 12.5 Å². The molecule has 0 atom stereocenters. The summed E-state index contributed by atoms with van der Waals surface area (Å²) in [4.78, 5) is 2.05. The fourth-order valence-corrected chi connectivity index (χ4v) is 3.84. The summed E-state index contributed by atoms with van der Waals surface area (Å²) in [5.41, 5.74) is 1.39. The van der Waals surface area contributed by atoms with Crippen LogP contribution in [0.25, 0.3) is 0 Å². The van der Waals surface area contributed by atoms with E-state index in [0.717, 1.165) is 6.26 Å². The van der Waals surface area contributed by atoms with Gasteiger partial charge in [-0.2, -0.15) is 18.4 Å². The zero-order valence-corrected chi connectivity index (χ0v) is 17.4. The third-order valence-corrected chi connectivity index (χ3v) is 5.44. The van der Waals surface area contributed by atoms with Gasteiger partial charge in [-0.1, -0.05) is 12.1 Å². The van der Waals surface area contributed by atoms with Crippen molar-refractivity contribution >= 4 is 31.4 Å². The van der Waals surface area contributed by atoms with Crippen LogP contribution in [-0.4, -0.2) is 43.0 Å². The number of rotatable bonds is 8. The largest absolute Gasteiger partial charge is 0.497 e. The third kappa shape index (κ3) is 5.60. The highest BCUT2D eigenvalue weighted by atomic mass is 32.2. The minimum atomic E-state index is -4.01. The lowest BCUT2D eigenvalue weighted by Gasteiger charge is -2.11. The highest BCUT2D eigenvalue weighted by molar-refractivity contribution is 7.92. The first-order valence-electron chi connectivity index (χ1n) is 7.92. The molecule has 0 bridgehead atoms. The van der Waals surface area contributed by atoms with Crippen LogP contribution in [-0.2, 0) is 20.0 Å². The van der Waals surface area contributed by atoms with Gasteiger partial charge in [0, 0.05) is 11.8 Å². The SMILES string of the molecule is COc1ccc(OC)c(S(=O)(=O)N/N=C(/C)c2ccc(NS(C)(=O)=O)cc2)c1. The van der Waals surface area contributed by atoms with E-state index in [9.17, 15) is 16.8 Å². The molecule has 152 valence electrons. The summed E-state index contributed by atoms with van der Waals surface area (Å²) in [6, 6.07) is 10.7. The van der Waals surface area contributed by atoms with Crippen LogP contribution in [0.2, 0.25) is 0 Å². The summed E-state index contributed by atoms with van der Waals surface area (Å²) in [5.74, 6) is 0.508. The van der Waals surface area contributed by atoms with Gasteiger partial charge < -0.3 is 9.47 Å². The Balaban J connectivity index is 2.24. The Morgan fingerprint density at radius 1 is 0.964 bits per heavy atom. The number of nitrogens with one attached hydrogen (secondary N) is 2. The number of nitrogens with zero attached hydrogens (tertiary/aromatic N) is 1. The van der Waals surface area contributed by atoms with Gasteiger partial charge in [0.1, 0.15) is 16.4 Å². The second kappa shape index (κ2) is 8.48. The van der Waals surface area contributed by atoms with Gasteiger partial charge in [0.15, 0.2) is 0 Å². The van der Waals surface area contributed by atoms with Crippen molar-refractivity contribution in [3.63, 3.8) is 0 Å². The molecule has 0 radical (unpaired) electrons. The second-order valence-corrected chi connectivity index (χ2v) is 9.14. The number of hydrazone groups is 1. The van der Waals surface area contributed by atoms with Crippen molar-refractivity contribution in [2.45, 2.75) is 11.8 Å². The molecular weight excluding hydrogens is 406 g/mol. The summed E-state index contributed by atoms with van der Waals surface area (Å²) in [6.07, 6.45) is 1.05. The Labute approximate surface area is 164 Å². The first-order chi connectivity index (χ1) is 13.1. The molecule has 0 aliphatic rings. The lowest BCUT2D eigenvalue weighted by molar-refractivity contribution is 0.392. The number of anilines is 1. The normalized spacial score (nSPS) is 12.4. The van der Waals surface area contributed by atoms with E-state index >= 15 is 0 Å². The van der Waals surface area contributed by atoms with E-state index in [1.807, 2.05) is 0 Å². The molecule has 28 heavy (non-hydrogen) atoms. The summed E-state index contributed by atoms with van der Waals surface area (Å²) in [6.45, 7) is 1.62. The number of methoxy groups -OCH3 is 2. The Hall–Kier alpha value is -2.79. The standard InChI is InChI=1S/C17H21N3O6S2/c1-12(13-5-7-14(8-6-13)19-27(4,21)22)18-20-28(23,24)17-11-15(25-2)9-10-16(17)26-3/h5-11,19-20H,1-4H3/b18-12-. The minimum absolute atomic E-state index is 0.112. The smallest absolute Gasteiger partial charge is 0.280 e. The van der Waals surface area contributed by atoms with Gasteiger partial charge in [0.25, 0.3) is 10.0 Å². The lowest BCUT2D eigenvalue weighted by atomic mass is 10.1. The molecule has 0 saturated heterocycles. The molecule has 0 heterocycles. The van der Waals surface area contributed by atoms with Crippen LogP contribution in [0.15, 0.2) is 52.5 Å². The number of ether oxygens (including phenoxy) is 2. The van der Waals surface area contributed by atoms with Crippen molar-refractivity contribution in [3.8, 4) is 11.5 Å². The van der Waals surface area contributed by atoms with Crippen LogP contribution in [0.4, 0.5) is 5.69 Å². The summed E-state index contributed by atoms with van der Waals surface area (Å²) in [7, 11) is -4.59. The lowest BCUT2D eigenvalue weighted by Crippen LogP contribution is -2.20. The molecule has 9 nitrogen and oxygen atoms in total. The van der Waals surface area contributed by atoms with E-state index < -0.39 is 20.0 Å². The van der Waals surface area contributed by atoms with E-state index in [1.54, 1.807) is 37.3 Å². The number of hydrogen-bond acceptors (Lipinski definition) is 7. The maximum Gasteiger partial charge on any atom is 0.280 e. The molecule has 0 unspecified atom stereocenters. The first kappa shape index (κ1) is 21.5. The molecule has 0 aromatic heterocycles. The number of benzene rings is 2. The van der Waals surface area contributed by atoms with Crippen LogP contribution in [0.3, 0.4) is 0 Å². The molecule has 0 aliphatic carbocycles. The molecule has 2 aromatic rings. The zero-order valence-electron chi connectivity index (χ0n) is 15.8. The Morgan fingerprint density at radius 2 is 1.61 bits per heavy atom. The molecule has 2 N–H and O–H groups in total. The molecular formula is C17H21N3O6S2. The molecule has 11 heteroatoms. The second-order valence-electron chi connectivity index (χ2n) is 5.76. The topological polar surface area (TPSA) is 123 Å². The molecule has 0 amide bonds. The van der Waals surface area contributed by atoms with E-state index in [0.29, 0.717) is 22.7 Å². The monoisotopic (exact) mass is 427 g/mol. The Morgan fingerprint density at radius 3 is 2.14 bits per heavy atom. The highest BCUT2D eigenvalue weighted by Crippen LogP contribution is 2.28. The van der Waals surface area contributed by atoms with Crippen LogP contribution >= 0.6 is 0 Å². The van der Waals surface area contributed by atoms with E-state index in [2.05, 4.69) is 14.7 Å². The molecule has 0 saturated carbocycles. The van der Waals surface area contributed by atoms with Crippen molar-refractivity contribution in [1.29, 1.82) is 0 Å². The molecule has 0 spiro atoms. The summed E-state index contributed by atoms with van der Waals surface area (Å²) in [5, 5.41) is 3.92. The minimum Gasteiger partial charge on any atom is -0.497 e. The average molecular weight is 428 g/mol. The number of sulfonamides is 2. The Bertz CT molecular complexity index is 1080. The van der Waals surface area contributed by atoms with Crippen LogP contribution < -0.4 is 19.0 Å². The van der Waals surface area contributed by atoms with E-state index in [-0.39, 0.29) is 10.6 Å². The summed E-state index contributed by atoms with van der Waals surface area (Å²) < 4.78 is 60.2. The van der Waals surface area contributed by atoms with Crippen LogP contribution in [0.5, 0.6) is 11.5 Å². The van der Waals surface area contributed by atoms with Crippen molar-refractivity contribution in [2.24, 2.45) is 5.10 Å². The van der Waals surface area contributed by atoms with Gasteiger partial charge >= 0.3 is 0 Å². The predicted octanol–water partition coefficient (Wildman–Crippen LogP) is 1.78. The van der Waals surface area contributed by atoms with Gasteiger partial charge in [-0.05, 0) is 36.8 Å². The molecule has 0 aliphatic heterocycles. The molecule has 0 fully saturated rings. The van der Waals surface area contributed by atoms with E-state index in [1.165, 1.54) is 26.4 Å². The van der Waals surface area contributed by atoms with E-state index in [4.69, 9.17) is 9.47 Å². The quantitative estimate of drug-likeness (QED) is 0.489. The van der Waals surface area contributed by atoms with Crippen molar-refractivity contribution in [1.82, 2.24) is 4.83 Å². The zero-order chi connectivity index (χ0) is 20.9.